The van der Waals surface area contributed by atoms with Gasteiger partial charge in [0.05, 0.1) is 19.7 Å². The van der Waals surface area contributed by atoms with Gasteiger partial charge in [-0.3, -0.25) is 0 Å². The van der Waals surface area contributed by atoms with Crippen LogP contribution in [0.1, 0.15) is 24.4 Å². The first kappa shape index (κ1) is 12.5. The minimum absolute atomic E-state index is 0.106. The fourth-order valence-corrected chi connectivity index (χ4v) is 1.76. The number of nitrogens with one attached hydrogen (secondary N) is 1. The Labute approximate surface area is 106 Å². The molecule has 0 spiro atoms. The van der Waals surface area contributed by atoms with E-state index in [0.717, 1.165) is 17.1 Å². The Balaban J connectivity index is 2.26. The van der Waals surface area contributed by atoms with E-state index in [-0.39, 0.29) is 6.04 Å². The number of aromatic nitrogens is 4. The number of tetrazole rings is 1. The highest BCUT2D eigenvalue weighted by Crippen LogP contribution is 2.19. The lowest BCUT2D eigenvalue weighted by Crippen LogP contribution is -2.19. The fourth-order valence-electron chi connectivity index (χ4n) is 1.76. The van der Waals surface area contributed by atoms with Crippen LogP contribution >= 0.6 is 0 Å². The van der Waals surface area contributed by atoms with Gasteiger partial charge >= 0.3 is 0 Å². The third kappa shape index (κ3) is 2.48. The number of ether oxygens (including phenoxy) is 1. The van der Waals surface area contributed by atoms with Gasteiger partial charge < -0.3 is 10.1 Å². The smallest absolute Gasteiger partial charge is 0.168 e. The zero-order chi connectivity index (χ0) is 13.0. The fraction of sp³-hybridized carbons (Fsp3) is 0.417. The summed E-state index contributed by atoms with van der Waals surface area (Å²) in [7, 11) is 3.54. The van der Waals surface area contributed by atoms with E-state index in [9.17, 15) is 0 Å². The summed E-state index contributed by atoms with van der Waals surface area (Å²) in [5, 5.41) is 14.9. The summed E-state index contributed by atoms with van der Waals surface area (Å²) in [6.45, 7) is 2.61. The van der Waals surface area contributed by atoms with E-state index in [1.54, 1.807) is 11.8 Å². The van der Waals surface area contributed by atoms with E-state index in [2.05, 4.69) is 20.8 Å². The Morgan fingerprint density at radius 2 is 2.17 bits per heavy atom. The molecule has 6 heteroatoms. The minimum atomic E-state index is 0.106. The first-order valence-electron chi connectivity index (χ1n) is 5.81. The molecular weight excluding hydrogens is 230 g/mol. The summed E-state index contributed by atoms with van der Waals surface area (Å²) < 4.78 is 7.10. The van der Waals surface area contributed by atoms with Gasteiger partial charge in [-0.05, 0) is 30.5 Å². The van der Waals surface area contributed by atoms with Crippen LogP contribution in [-0.4, -0.2) is 34.4 Å². The van der Waals surface area contributed by atoms with Crippen molar-refractivity contribution >= 4 is 0 Å². The molecule has 0 fully saturated rings. The number of nitrogens with zero attached hydrogens (tertiary/aromatic N) is 4. The monoisotopic (exact) mass is 247 g/mol. The normalized spacial score (nSPS) is 12.4. The number of hydrogen-bond donors (Lipinski definition) is 1. The molecule has 0 saturated heterocycles. The average molecular weight is 247 g/mol. The van der Waals surface area contributed by atoms with E-state index in [0.29, 0.717) is 6.54 Å². The van der Waals surface area contributed by atoms with Gasteiger partial charge in [0.15, 0.2) is 5.82 Å². The Morgan fingerprint density at radius 1 is 1.39 bits per heavy atom. The predicted molar refractivity (Wildman–Crippen MR) is 67.4 cm³/mol. The first-order chi connectivity index (χ1) is 8.76. The van der Waals surface area contributed by atoms with Crippen molar-refractivity contribution in [3.8, 4) is 5.75 Å². The summed E-state index contributed by atoms with van der Waals surface area (Å²) in [5.41, 5.74) is 1.05. The molecule has 1 heterocycles. The van der Waals surface area contributed by atoms with Crippen LogP contribution in [0.15, 0.2) is 24.3 Å². The molecule has 1 N–H and O–H groups in total. The van der Waals surface area contributed by atoms with Gasteiger partial charge in [-0.15, -0.1) is 5.10 Å². The number of methoxy groups -OCH3 is 1. The van der Waals surface area contributed by atoms with Crippen molar-refractivity contribution in [2.45, 2.75) is 19.5 Å². The molecule has 6 nitrogen and oxygen atoms in total. The molecule has 96 valence electrons. The number of hydrogen-bond acceptors (Lipinski definition) is 5. The van der Waals surface area contributed by atoms with Gasteiger partial charge in [-0.1, -0.05) is 18.2 Å². The van der Waals surface area contributed by atoms with Crippen LogP contribution < -0.4 is 10.1 Å². The highest BCUT2D eigenvalue weighted by molar-refractivity contribution is 5.33. The summed E-state index contributed by atoms with van der Waals surface area (Å²) in [5.74, 6) is 1.65. The molecule has 2 rings (SSSR count). The molecule has 0 aliphatic carbocycles. The molecule has 18 heavy (non-hydrogen) atoms. The summed E-state index contributed by atoms with van der Waals surface area (Å²) in [4.78, 5) is 0. The molecule has 0 aliphatic rings. The zero-order valence-electron chi connectivity index (χ0n) is 10.8. The summed E-state index contributed by atoms with van der Waals surface area (Å²) in [6, 6.07) is 7.96. The van der Waals surface area contributed by atoms with Crippen LogP contribution in [0.3, 0.4) is 0 Å². The maximum atomic E-state index is 5.32. The summed E-state index contributed by atoms with van der Waals surface area (Å²) >= 11 is 0. The SMILES string of the molecule is CNC(C)c1nnnn1Cc1ccccc1OC. The second-order valence-corrected chi connectivity index (χ2v) is 4.02. The molecule has 1 atom stereocenters. The molecule has 1 aromatic heterocycles. The molecule has 0 radical (unpaired) electrons. The van der Waals surface area contributed by atoms with Crippen molar-refractivity contribution in [1.82, 2.24) is 25.5 Å². The van der Waals surface area contributed by atoms with E-state index in [1.807, 2.05) is 38.2 Å². The van der Waals surface area contributed by atoms with Gasteiger partial charge in [0, 0.05) is 5.56 Å². The summed E-state index contributed by atoms with van der Waals surface area (Å²) in [6.07, 6.45) is 0. The Morgan fingerprint density at radius 3 is 2.89 bits per heavy atom. The van der Waals surface area contributed by atoms with Gasteiger partial charge in [0.1, 0.15) is 5.75 Å². The predicted octanol–water partition coefficient (Wildman–Crippen LogP) is 1.01. The highest BCUT2D eigenvalue weighted by atomic mass is 16.5. The Bertz CT molecular complexity index is 511. The van der Waals surface area contributed by atoms with Crippen molar-refractivity contribution in [3.05, 3.63) is 35.7 Å². The highest BCUT2D eigenvalue weighted by Gasteiger charge is 2.14. The van der Waals surface area contributed by atoms with Gasteiger partial charge in [-0.25, -0.2) is 4.68 Å². The van der Waals surface area contributed by atoms with E-state index < -0.39 is 0 Å². The van der Waals surface area contributed by atoms with E-state index >= 15 is 0 Å². The van der Waals surface area contributed by atoms with Crippen LogP contribution in [0, 0.1) is 0 Å². The van der Waals surface area contributed by atoms with E-state index in [4.69, 9.17) is 4.74 Å². The number of benzene rings is 1. The van der Waals surface area contributed by atoms with Gasteiger partial charge in [-0.2, -0.15) is 0 Å². The molecule has 0 aliphatic heterocycles. The lowest BCUT2D eigenvalue weighted by Gasteiger charge is -2.12. The average Bonchev–Trinajstić information content (AvgIpc) is 2.86. The molecule has 2 aromatic rings. The molecule has 1 aromatic carbocycles. The van der Waals surface area contributed by atoms with Crippen molar-refractivity contribution in [3.63, 3.8) is 0 Å². The first-order valence-corrected chi connectivity index (χ1v) is 5.81. The molecule has 0 amide bonds. The molecule has 1 unspecified atom stereocenters. The lowest BCUT2D eigenvalue weighted by molar-refractivity contribution is 0.406. The van der Waals surface area contributed by atoms with Crippen LogP contribution in [0.25, 0.3) is 0 Å². The second-order valence-electron chi connectivity index (χ2n) is 4.02. The van der Waals surface area contributed by atoms with Crippen LogP contribution in [0.4, 0.5) is 0 Å². The van der Waals surface area contributed by atoms with Crippen molar-refractivity contribution in [2.24, 2.45) is 0 Å². The maximum absolute atomic E-state index is 5.32. The minimum Gasteiger partial charge on any atom is -0.496 e. The van der Waals surface area contributed by atoms with Crippen LogP contribution in [0.5, 0.6) is 5.75 Å². The largest absolute Gasteiger partial charge is 0.496 e. The standard InChI is InChI=1S/C12H17N5O/c1-9(13-2)12-14-15-16-17(12)8-10-6-4-5-7-11(10)18-3/h4-7,9,13H,8H2,1-3H3. The number of para-hydroxylation sites is 1. The van der Waals surface area contributed by atoms with Crippen LogP contribution in [-0.2, 0) is 6.54 Å². The third-order valence-corrected chi connectivity index (χ3v) is 2.89. The Kier molecular flexibility index (Phi) is 3.88. The number of rotatable bonds is 5. The van der Waals surface area contributed by atoms with Crippen molar-refractivity contribution < 1.29 is 4.74 Å². The lowest BCUT2D eigenvalue weighted by atomic mass is 10.2. The van der Waals surface area contributed by atoms with Crippen molar-refractivity contribution in [1.29, 1.82) is 0 Å². The van der Waals surface area contributed by atoms with Gasteiger partial charge in [0.2, 0.25) is 0 Å². The third-order valence-electron chi connectivity index (χ3n) is 2.89. The molecule has 0 saturated carbocycles. The Hall–Kier alpha value is -1.95. The topological polar surface area (TPSA) is 64.9 Å². The maximum Gasteiger partial charge on any atom is 0.168 e. The molecule has 0 bridgehead atoms. The van der Waals surface area contributed by atoms with Crippen LogP contribution in [0.2, 0.25) is 0 Å². The van der Waals surface area contributed by atoms with E-state index in [1.165, 1.54) is 0 Å². The molecular formula is C12H17N5O. The zero-order valence-corrected chi connectivity index (χ0v) is 10.8. The van der Waals surface area contributed by atoms with Crippen molar-refractivity contribution in [2.75, 3.05) is 14.2 Å². The quantitative estimate of drug-likeness (QED) is 0.854. The van der Waals surface area contributed by atoms with Gasteiger partial charge in [0.25, 0.3) is 0 Å². The second kappa shape index (κ2) is 5.59.